The van der Waals surface area contributed by atoms with Crippen LogP contribution in [0.15, 0.2) is 16.5 Å². The van der Waals surface area contributed by atoms with Gasteiger partial charge < -0.3 is 19.2 Å². The first-order valence-electron chi connectivity index (χ1n) is 5.76. The molecular formula is C12H15NO5. The molecule has 2 rings (SSSR count). The second kappa shape index (κ2) is 5.22. The molecule has 6 heteroatoms. The molecule has 1 fully saturated rings. The maximum Gasteiger partial charge on any atom is 0.371 e. The number of ether oxygens (including phenoxy) is 1. The van der Waals surface area contributed by atoms with Crippen LogP contribution < -0.4 is 0 Å². The molecule has 18 heavy (non-hydrogen) atoms. The highest BCUT2D eigenvalue weighted by molar-refractivity contribution is 5.93. The van der Waals surface area contributed by atoms with E-state index in [0.29, 0.717) is 13.2 Å². The van der Waals surface area contributed by atoms with E-state index in [1.807, 2.05) is 0 Å². The Morgan fingerprint density at radius 3 is 2.61 bits per heavy atom. The van der Waals surface area contributed by atoms with Gasteiger partial charge in [-0.2, -0.15) is 0 Å². The molecule has 0 unspecified atom stereocenters. The van der Waals surface area contributed by atoms with E-state index in [1.54, 1.807) is 12.0 Å². The maximum absolute atomic E-state index is 12.2. The minimum Gasteiger partial charge on any atom is -0.475 e. The lowest BCUT2D eigenvalue weighted by Crippen LogP contribution is -2.35. The van der Waals surface area contributed by atoms with E-state index >= 15 is 0 Å². The van der Waals surface area contributed by atoms with Crippen LogP contribution in [-0.2, 0) is 4.74 Å². The van der Waals surface area contributed by atoms with Gasteiger partial charge in [0.25, 0.3) is 5.91 Å². The van der Waals surface area contributed by atoms with Crippen LogP contribution >= 0.6 is 0 Å². The summed E-state index contributed by atoms with van der Waals surface area (Å²) in [5.74, 6) is -1.61. The van der Waals surface area contributed by atoms with Gasteiger partial charge >= 0.3 is 5.97 Å². The van der Waals surface area contributed by atoms with Crippen LogP contribution in [0.4, 0.5) is 0 Å². The fourth-order valence-electron chi connectivity index (χ4n) is 1.74. The largest absolute Gasteiger partial charge is 0.475 e. The molecule has 0 spiro atoms. The third kappa shape index (κ3) is 2.70. The first-order valence-corrected chi connectivity index (χ1v) is 5.76. The van der Waals surface area contributed by atoms with E-state index in [2.05, 4.69) is 0 Å². The standard InChI is InChI=1S/C12H15NO5/c1-17-7-6-13(8-2-3-8)11(14)9-4-5-10(18-9)12(15)16/h4-5,8H,2-3,6-7H2,1H3,(H,15,16). The normalized spacial score (nSPS) is 14.5. The number of carboxylic acids is 1. The zero-order valence-electron chi connectivity index (χ0n) is 10.1. The van der Waals surface area contributed by atoms with Gasteiger partial charge in [-0.15, -0.1) is 0 Å². The lowest BCUT2D eigenvalue weighted by Gasteiger charge is -2.20. The van der Waals surface area contributed by atoms with Gasteiger partial charge in [0.1, 0.15) is 0 Å². The van der Waals surface area contributed by atoms with Gasteiger partial charge in [-0.05, 0) is 25.0 Å². The first-order chi connectivity index (χ1) is 8.63. The average Bonchev–Trinajstić information content (AvgIpc) is 3.05. The molecule has 1 aliphatic rings. The van der Waals surface area contributed by atoms with Crippen molar-refractivity contribution in [1.29, 1.82) is 0 Å². The number of carbonyl (C=O) groups is 2. The van der Waals surface area contributed by atoms with Crippen LogP contribution in [0.5, 0.6) is 0 Å². The van der Waals surface area contributed by atoms with E-state index in [1.165, 1.54) is 12.1 Å². The molecule has 0 saturated heterocycles. The number of hydrogen-bond acceptors (Lipinski definition) is 4. The summed E-state index contributed by atoms with van der Waals surface area (Å²) in [4.78, 5) is 24.5. The highest BCUT2D eigenvalue weighted by Gasteiger charge is 2.34. The third-order valence-electron chi connectivity index (χ3n) is 2.81. The van der Waals surface area contributed by atoms with Crippen LogP contribution in [0, 0.1) is 0 Å². The Hall–Kier alpha value is -1.82. The molecule has 1 N–H and O–H groups in total. The van der Waals surface area contributed by atoms with E-state index in [-0.39, 0.29) is 23.5 Å². The Bertz CT molecular complexity index is 449. The molecule has 6 nitrogen and oxygen atoms in total. The molecule has 0 bridgehead atoms. The van der Waals surface area contributed by atoms with Crippen LogP contribution in [0.25, 0.3) is 0 Å². The lowest BCUT2D eigenvalue weighted by molar-refractivity contribution is 0.0624. The Labute approximate surface area is 104 Å². The molecule has 0 radical (unpaired) electrons. The van der Waals surface area contributed by atoms with E-state index in [0.717, 1.165) is 12.8 Å². The summed E-state index contributed by atoms with van der Waals surface area (Å²) in [6, 6.07) is 2.91. The number of carbonyl (C=O) groups excluding carboxylic acids is 1. The highest BCUT2D eigenvalue weighted by atomic mass is 16.5. The summed E-state index contributed by atoms with van der Waals surface area (Å²) in [7, 11) is 1.57. The molecule has 98 valence electrons. The predicted octanol–water partition coefficient (Wildman–Crippen LogP) is 1.23. The summed E-state index contributed by atoms with van der Waals surface area (Å²) in [5, 5.41) is 8.74. The minimum absolute atomic E-state index is 0.0652. The van der Waals surface area contributed by atoms with E-state index < -0.39 is 5.97 Å². The van der Waals surface area contributed by atoms with Crippen molar-refractivity contribution >= 4 is 11.9 Å². The van der Waals surface area contributed by atoms with Crippen molar-refractivity contribution in [3.8, 4) is 0 Å². The molecule has 1 aromatic rings. The van der Waals surface area contributed by atoms with Crippen LogP contribution in [0.3, 0.4) is 0 Å². The van der Waals surface area contributed by atoms with Crippen LogP contribution in [0.2, 0.25) is 0 Å². The second-order valence-electron chi connectivity index (χ2n) is 4.19. The zero-order chi connectivity index (χ0) is 13.1. The average molecular weight is 253 g/mol. The Balaban J connectivity index is 2.09. The molecular weight excluding hydrogens is 238 g/mol. The van der Waals surface area contributed by atoms with Crippen molar-refractivity contribution < 1.29 is 23.8 Å². The number of furan rings is 1. The van der Waals surface area contributed by atoms with Crippen LogP contribution in [0.1, 0.15) is 34.0 Å². The molecule has 0 aliphatic heterocycles. The van der Waals surface area contributed by atoms with Gasteiger partial charge in [0.05, 0.1) is 6.61 Å². The van der Waals surface area contributed by atoms with Crippen molar-refractivity contribution in [2.45, 2.75) is 18.9 Å². The lowest BCUT2D eigenvalue weighted by atomic mass is 10.3. The Morgan fingerprint density at radius 1 is 1.44 bits per heavy atom. The predicted molar refractivity (Wildman–Crippen MR) is 61.6 cm³/mol. The Morgan fingerprint density at radius 2 is 2.11 bits per heavy atom. The maximum atomic E-state index is 12.2. The molecule has 1 amide bonds. The van der Waals surface area contributed by atoms with E-state index in [9.17, 15) is 9.59 Å². The van der Waals surface area contributed by atoms with Crippen molar-refractivity contribution in [1.82, 2.24) is 4.90 Å². The summed E-state index contributed by atoms with van der Waals surface area (Å²) in [6.07, 6.45) is 1.95. The fraction of sp³-hybridized carbons (Fsp3) is 0.500. The topological polar surface area (TPSA) is 80.0 Å². The summed E-state index contributed by atoms with van der Waals surface area (Å²) >= 11 is 0. The van der Waals surface area contributed by atoms with Gasteiger partial charge in [0, 0.05) is 19.7 Å². The number of rotatable bonds is 6. The molecule has 0 aromatic carbocycles. The van der Waals surface area contributed by atoms with Crippen molar-refractivity contribution in [2.24, 2.45) is 0 Å². The van der Waals surface area contributed by atoms with Gasteiger partial charge in [0.2, 0.25) is 5.76 Å². The smallest absolute Gasteiger partial charge is 0.371 e. The number of nitrogens with zero attached hydrogens (tertiary/aromatic N) is 1. The SMILES string of the molecule is COCCN(C(=O)c1ccc(C(=O)O)o1)C1CC1. The minimum atomic E-state index is -1.18. The van der Waals surface area contributed by atoms with Crippen LogP contribution in [-0.4, -0.2) is 48.2 Å². The molecule has 0 atom stereocenters. The van der Waals surface area contributed by atoms with E-state index in [4.69, 9.17) is 14.3 Å². The number of amides is 1. The molecule has 1 saturated carbocycles. The second-order valence-corrected chi connectivity index (χ2v) is 4.19. The van der Waals surface area contributed by atoms with Gasteiger partial charge in [-0.1, -0.05) is 0 Å². The van der Waals surface area contributed by atoms with Gasteiger partial charge in [-0.25, -0.2) is 4.79 Å². The Kier molecular flexibility index (Phi) is 3.66. The first kappa shape index (κ1) is 12.6. The number of hydrogen-bond donors (Lipinski definition) is 1. The summed E-state index contributed by atoms with van der Waals surface area (Å²) in [5.41, 5.74) is 0. The fourth-order valence-corrected chi connectivity index (χ4v) is 1.74. The van der Waals surface area contributed by atoms with Crippen molar-refractivity contribution in [2.75, 3.05) is 20.3 Å². The zero-order valence-corrected chi connectivity index (χ0v) is 10.1. The monoisotopic (exact) mass is 253 g/mol. The third-order valence-corrected chi connectivity index (χ3v) is 2.81. The van der Waals surface area contributed by atoms with Crippen molar-refractivity contribution in [3.63, 3.8) is 0 Å². The summed E-state index contributed by atoms with van der Waals surface area (Å²) in [6.45, 7) is 0.942. The number of methoxy groups -OCH3 is 1. The van der Waals surface area contributed by atoms with Gasteiger partial charge in [-0.3, -0.25) is 4.79 Å². The molecule has 1 heterocycles. The summed E-state index contributed by atoms with van der Waals surface area (Å²) < 4.78 is 9.98. The van der Waals surface area contributed by atoms with Gasteiger partial charge in [0.15, 0.2) is 5.76 Å². The number of aromatic carboxylic acids is 1. The van der Waals surface area contributed by atoms with Crippen molar-refractivity contribution in [3.05, 3.63) is 23.7 Å². The quantitative estimate of drug-likeness (QED) is 0.824. The molecule has 1 aliphatic carbocycles. The molecule has 1 aromatic heterocycles. The number of carboxylic acid groups (broad SMARTS) is 1. The highest BCUT2D eigenvalue weighted by Crippen LogP contribution is 2.28.